The van der Waals surface area contributed by atoms with Crippen molar-refractivity contribution in [2.24, 2.45) is 0 Å². The highest BCUT2D eigenvalue weighted by atomic mass is 16.5. The average Bonchev–Trinajstić information content (AvgIpc) is 2.35. The number of hydrogen-bond acceptors (Lipinski definition) is 2. The molecule has 1 aromatic carbocycles. The molecule has 2 unspecified atom stereocenters. The van der Waals surface area contributed by atoms with Gasteiger partial charge in [0, 0.05) is 12.1 Å². The van der Waals surface area contributed by atoms with Crippen molar-refractivity contribution in [3.63, 3.8) is 0 Å². The third kappa shape index (κ3) is 5.87. The van der Waals surface area contributed by atoms with E-state index in [4.69, 9.17) is 4.74 Å². The van der Waals surface area contributed by atoms with Gasteiger partial charge >= 0.3 is 0 Å². The standard InChI is InChI=1S/C16H25NO/c1-5-6-7-14(3)17-15(4)12-18-16-10-8-13(2)9-11-16/h5,8-11,14-15,17H,1,6-7,12H2,2-4H3. The number of nitrogens with one attached hydrogen (secondary N) is 1. The molecule has 0 heterocycles. The minimum Gasteiger partial charge on any atom is -0.492 e. The lowest BCUT2D eigenvalue weighted by atomic mass is 10.1. The van der Waals surface area contributed by atoms with Crippen LogP contribution in [0.2, 0.25) is 0 Å². The minimum atomic E-state index is 0.353. The van der Waals surface area contributed by atoms with Crippen molar-refractivity contribution < 1.29 is 4.74 Å². The van der Waals surface area contributed by atoms with E-state index in [0.29, 0.717) is 18.7 Å². The van der Waals surface area contributed by atoms with Crippen LogP contribution in [0, 0.1) is 6.92 Å². The summed E-state index contributed by atoms with van der Waals surface area (Å²) in [6, 6.07) is 9.03. The first-order chi connectivity index (χ1) is 8.61. The Hall–Kier alpha value is -1.28. The van der Waals surface area contributed by atoms with Gasteiger partial charge in [-0.2, -0.15) is 0 Å². The van der Waals surface area contributed by atoms with Gasteiger partial charge in [-0.1, -0.05) is 23.8 Å². The molecule has 2 atom stereocenters. The minimum absolute atomic E-state index is 0.353. The van der Waals surface area contributed by atoms with Crippen molar-refractivity contribution in [1.82, 2.24) is 5.32 Å². The quantitative estimate of drug-likeness (QED) is 0.707. The van der Waals surface area contributed by atoms with Gasteiger partial charge in [-0.15, -0.1) is 6.58 Å². The summed E-state index contributed by atoms with van der Waals surface area (Å²) in [5, 5.41) is 3.52. The van der Waals surface area contributed by atoms with Crippen LogP contribution in [0.3, 0.4) is 0 Å². The molecule has 0 spiro atoms. The molecule has 2 nitrogen and oxygen atoms in total. The first-order valence-electron chi connectivity index (χ1n) is 6.68. The van der Waals surface area contributed by atoms with Crippen molar-refractivity contribution in [1.29, 1.82) is 0 Å². The van der Waals surface area contributed by atoms with E-state index < -0.39 is 0 Å². The van der Waals surface area contributed by atoms with E-state index in [-0.39, 0.29) is 0 Å². The molecule has 0 fully saturated rings. The maximum Gasteiger partial charge on any atom is 0.119 e. The highest BCUT2D eigenvalue weighted by Crippen LogP contribution is 2.11. The molecule has 0 bridgehead atoms. The average molecular weight is 247 g/mol. The van der Waals surface area contributed by atoms with Crippen LogP contribution in [-0.4, -0.2) is 18.7 Å². The molecule has 1 N–H and O–H groups in total. The van der Waals surface area contributed by atoms with E-state index in [1.165, 1.54) is 5.56 Å². The summed E-state index contributed by atoms with van der Waals surface area (Å²) in [7, 11) is 0. The second-order valence-corrected chi connectivity index (χ2v) is 4.96. The van der Waals surface area contributed by atoms with Crippen LogP contribution in [0.4, 0.5) is 0 Å². The van der Waals surface area contributed by atoms with E-state index in [2.05, 4.69) is 44.8 Å². The third-order valence-corrected chi connectivity index (χ3v) is 2.89. The van der Waals surface area contributed by atoms with Crippen LogP contribution in [0.5, 0.6) is 5.75 Å². The van der Waals surface area contributed by atoms with E-state index in [0.717, 1.165) is 18.6 Å². The summed E-state index contributed by atoms with van der Waals surface area (Å²) < 4.78 is 5.75. The van der Waals surface area contributed by atoms with Gasteiger partial charge in [-0.05, 0) is 45.7 Å². The number of hydrogen-bond donors (Lipinski definition) is 1. The zero-order valence-electron chi connectivity index (χ0n) is 11.8. The van der Waals surface area contributed by atoms with E-state index >= 15 is 0 Å². The number of allylic oxidation sites excluding steroid dienone is 1. The molecule has 0 radical (unpaired) electrons. The van der Waals surface area contributed by atoms with Crippen LogP contribution in [0.1, 0.15) is 32.3 Å². The van der Waals surface area contributed by atoms with Crippen molar-refractivity contribution in [3.05, 3.63) is 42.5 Å². The monoisotopic (exact) mass is 247 g/mol. The van der Waals surface area contributed by atoms with Gasteiger partial charge in [-0.25, -0.2) is 0 Å². The zero-order valence-corrected chi connectivity index (χ0v) is 11.8. The summed E-state index contributed by atoms with van der Waals surface area (Å²) in [6.07, 6.45) is 4.14. The molecule has 2 heteroatoms. The number of aryl methyl sites for hydroxylation is 1. The maximum atomic E-state index is 5.75. The van der Waals surface area contributed by atoms with Crippen LogP contribution in [-0.2, 0) is 0 Å². The largest absolute Gasteiger partial charge is 0.492 e. The summed E-state index contributed by atoms with van der Waals surface area (Å²) in [6.45, 7) is 10.9. The maximum absolute atomic E-state index is 5.75. The molecule has 0 saturated carbocycles. The van der Waals surface area contributed by atoms with Gasteiger partial charge in [0.25, 0.3) is 0 Å². The summed E-state index contributed by atoms with van der Waals surface area (Å²) >= 11 is 0. The Bertz CT molecular complexity index is 345. The molecular weight excluding hydrogens is 222 g/mol. The molecular formula is C16H25NO. The first kappa shape index (κ1) is 14.8. The number of rotatable bonds is 8. The molecule has 1 aromatic rings. The first-order valence-corrected chi connectivity index (χ1v) is 6.68. The van der Waals surface area contributed by atoms with Gasteiger partial charge in [0.2, 0.25) is 0 Å². The summed E-state index contributed by atoms with van der Waals surface area (Å²) in [5.41, 5.74) is 1.26. The van der Waals surface area contributed by atoms with Crippen molar-refractivity contribution in [3.8, 4) is 5.75 Å². The van der Waals surface area contributed by atoms with Crippen molar-refractivity contribution in [2.75, 3.05) is 6.61 Å². The Morgan fingerprint density at radius 3 is 2.50 bits per heavy atom. The van der Waals surface area contributed by atoms with E-state index in [1.807, 2.05) is 18.2 Å². The van der Waals surface area contributed by atoms with Crippen LogP contribution >= 0.6 is 0 Å². The highest BCUT2D eigenvalue weighted by Gasteiger charge is 2.07. The highest BCUT2D eigenvalue weighted by molar-refractivity contribution is 5.26. The fraction of sp³-hybridized carbons (Fsp3) is 0.500. The van der Waals surface area contributed by atoms with Crippen molar-refractivity contribution >= 4 is 0 Å². The van der Waals surface area contributed by atoms with Gasteiger partial charge < -0.3 is 10.1 Å². The predicted octanol–water partition coefficient (Wildman–Crippen LogP) is 3.71. The molecule has 0 aliphatic heterocycles. The second-order valence-electron chi connectivity index (χ2n) is 4.96. The molecule has 0 aromatic heterocycles. The topological polar surface area (TPSA) is 21.3 Å². The Morgan fingerprint density at radius 2 is 1.89 bits per heavy atom. The lowest BCUT2D eigenvalue weighted by Gasteiger charge is -2.20. The molecule has 0 aliphatic rings. The second kappa shape index (κ2) is 7.93. The fourth-order valence-electron chi connectivity index (χ4n) is 1.84. The molecule has 100 valence electrons. The van der Waals surface area contributed by atoms with Crippen molar-refractivity contribution in [2.45, 2.75) is 45.7 Å². The molecule has 18 heavy (non-hydrogen) atoms. The fourth-order valence-corrected chi connectivity index (χ4v) is 1.84. The summed E-state index contributed by atoms with van der Waals surface area (Å²) in [4.78, 5) is 0. The SMILES string of the molecule is C=CCCC(C)NC(C)COc1ccc(C)cc1. The molecule has 1 rings (SSSR count). The van der Waals surface area contributed by atoms with Crippen LogP contribution in [0.15, 0.2) is 36.9 Å². The van der Waals surface area contributed by atoms with E-state index in [1.54, 1.807) is 0 Å². The van der Waals surface area contributed by atoms with Gasteiger partial charge in [-0.3, -0.25) is 0 Å². The van der Waals surface area contributed by atoms with Gasteiger partial charge in [0.1, 0.15) is 12.4 Å². The Kier molecular flexibility index (Phi) is 6.51. The number of ether oxygens (including phenoxy) is 1. The summed E-state index contributed by atoms with van der Waals surface area (Å²) in [5.74, 6) is 0.938. The lowest BCUT2D eigenvalue weighted by molar-refractivity contribution is 0.261. The predicted molar refractivity (Wildman–Crippen MR) is 78.2 cm³/mol. The van der Waals surface area contributed by atoms with Crippen LogP contribution in [0.25, 0.3) is 0 Å². The Morgan fingerprint density at radius 1 is 1.22 bits per heavy atom. The third-order valence-electron chi connectivity index (χ3n) is 2.89. The normalized spacial score (nSPS) is 13.9. The zero-order chi connectivity index (χ0) is 13.4. The van der Waals surface area contributed by atoms with Crippen LogP contribution < -0.4 is 10.1 Å². The Labute approximate surface area is 111 Å². The number of benzene rings is 1. The lowest BCUT2D eigenvalue weighted by Crippen LogP contribution is -2.38. The molecule has 0 aliphatic carbocycles. The Balaban J connectivity index is 2.25. The smallest absolute Gasteiger partial charge is 0.119 e. The van der Waals surface area contributed by atoms with Gasteiger partial charge in [0.15, 0.2) is 0 Å². The van der Waals surface area contributed by atoms with E-state index in [9.17, 15) is 0 Å². The van der Waals surface area contributed by atoms with Gasteiger partial charge in [0.05, 0.1) is 0 Å². The molecule has 0 amide bonds. The molecule has 0 saturated heterocycles.